The van der Waals surface area contributed by atoms with Crippen LogP contribution in [0.5, 0.6) is 5.75 Å². The topological polar surface area (TPSA) is 56.5 Å². The molecule has 0 saturated carbocycles. The van der Waals surface area contributed by atoms with Gasteiger partial charge in [-0.1, -0.05) is 103 Å². The van der Waals surface area contributed by atoms with Crippen LogP contribution in [0.15, 0.2) is 118 Å². The van der Waals surface area contributed by atoms with E-state index in [1.807, 2.05) is 68.4 Å². The van der Waals surface area contributed by atoms with Crippen molar-refractivity contribution in [1.82, 2.24) is 0 Å². The van der Waals surface area contributed by atoms with Gasteiger partial charge >= 0.3 is 11.6 Å². The average molecular weight is 555 g/mol. The van der Waals surface area contributed by atoms with Crippen molar-refractivity contribution in [1.29, 1.82) is 0 Å². The Morgan fingerprint density at radius 2 is 1.28 bits per heavy atom. The van der Waals surface area contributed by atoms with Crippen molar-refractivity contribution in [2.24, 2.45) is 0 Å². The number of fused-ring (bicyclic) bond motifs is 1. The molecule has 0 radical (unpaired) electrons. The van der Waals surface area contributed by atoms with Crippen LogP contribution in [0.2, 0.25) is 5.02 Å². The van der Waals surface area contributed by atoms with E-state index in [-0.39, 0.29) is 16.4 Å². The zero-order chi connectivity index (χ0) is 27.6. The first kappa shape index (κ1) is 26.8. The maximum Gasteiger partial charge on any atom is 0.336 e. The van der Waals surface area contributed by atoms with Gasteiger partial charge in [-0.3, -0.25) is 4.79 Å². The molecule has 6 heteroatoms. The summed E-state index contributed by atoms with van der Waals surface area (Å²) >= 11 is 8.09. The normalized spacial score (nSPS) is 11.9. The van der Waals surface area contributed by atoms with Gasteiger partial charge in [-0.25, -0.2) is 4.79 Å². The van der Waals surface area contributed by atoms with E-state index < -0.39 is 21.1 Å². The second-order valence-electron chi connectivity index (χ2n) is 9.78. The summed E-state index contributed by atoms with van der Waals surface area (Å²) in [5.74, 6) is -0.336. The van der Waals surface area contributed by atoms with Crippen LogP contribution >= 0.6 is 23.4 Å². The molecule has 1 heterocycles. The Balaban J connectivity index is 1.60. The quantitative estimate of drug-likeness (QED) is 0.0878. The van der Waals surface area contributed by atoms with Crippen LogP contribution in [-0.2, 0) is 9.54 Å². The first-order valence-electron chi connectivity index (χ1n) is 12.5. The van der Waals surface area contributed by atoms with Crippen LogP contribution < -0.4 is 10.4 Å². The lowest BCUT2D eigenvalue weighted by Crippen LogP contribution is -2.39. The van der Waals surface area contributed by atoms with E-state index in [4.69, 9.17) is 20.8 Å². The molecule has 0 saturated heterocycles. The lowest BCUT2D eigenvalue weighted by molar-refractivity contribution is -0.136. The monoisotopic (exact) mass is 554 g/mol. The number of esters is 1. The molecule has 0 aliphatic heterocycles. The molecule has 0 spiro atoms. The van der Waals surface area contributed by atoms with Crippen molar-refractivity contribution in [3.05, 3.63) is 147 Å². The summed E-state index contributed by atoms with van der Waals surface area (Å²) < 4.78 is 9.50. The fourth-order valence-corrected chi connectivity index (χ4v) is 6.65. The number of carbonyl (C=O) groups is 1. The molecular weight excluding hydrogens is 528 g/mol. The molecule has 4 nitrogen and oxygen atoms in total. The minimum atomic E-state index is -1.03. The number of carbonyl (C=O) groups excluding carboxylic acids is 1. The number of rotatable bonds is 7. The largest absolute Gasteiger partial charge is 0.424 e. The average Bonchev–Trinajstić information content (AvgIpc) is 2.95. The maximum atomic E-state index is 13.8. The molecule has 0 aliphatic rings. The van der Waals surface area contributed by atoms with Crippen LogP contribution in [0.4, 0.5) is 0 Å². The van der Waals surface area contributed by atoms with Gasteiger partial charge < -0.3 is 9.15 Å². The van der Waals surface area contributed by atoms with E-state index in [1.165, 1.54) is 17.8 Å². The number of hydrogen-bond donors (Lipinski definition) is 0. The highest BCUT2D eigenvalue weighted by Crippen LogP contribution is 2.53. The first-order chi connectivity index (χ1) is 18.7. The van der Waals surface area contributed by atoms with Crippen molar-refractivity contribution in [3.8, 4) is 5.75 Å². The van der Waals surface area contributed by atoms with Crippen molar-refractivity contribution in [2.75, 3.05) is 0 Å². The van der Waals surface area contributed by atoms with E-state index >= 15 is 0 Å². The lowest BCUT2D eigenvalue weighted by Gasteiger charge is -2.40. The summed E-state index contributed by atoms with van der Waals surface area (Å²) in [5, 5.41) is 0.771. The molecule has 0 fully saturated rings. The molecule has 0 atom stereocenters. The third-order valence-electron chi connectivity index (χ3n) is 6.67. The summed E-state index contributed by atoms with van der Waals surface area (Å²) in [4.78, 5) is 25.8. The molecule has 0 bridgehead atoms. The Morgan fingerprint density at radius 3 is 1.77 bits per heavy atom. The van der Waals surface area contributed by atoms with E-state index in [9.17, 15) is 9.59 Å². The lowest BCUT2D eigenvalue weighted by atomic mass is 9.84. The minimum Gasteiger partial charge on any atom is -0.424 e. The second kappa shape index (κ2) is 10.8. The van der Waals surface area contributed by atoms with Crippen molar-refractivity contribution >= 4 is 40.3 Å². The van der Waals surface area contributed by atoms with E-state index in [2.05, 4.69) is 36.4 Å². The van der Waals surface area contributed by atoms with Gasteiger partial charge in [0, 0.05) is 11.5 Å². The molecule has 39 heavy (non-hydrogen) atoms. The zero-order valence-electron chi connectivity index (χ0n) is 21.8. The molecule has 1 aromatic heterocycles. The van der Waals surface area contributed by atoms with Gasteiger partial charge in [-0.15, -0.1) is 11.8 Å². The van der Waals surface area contributed by atoms with Crippen molar-refractivity contribution < 1.29 is 13.9 Å². The molecule has 5 aromatic rings. The highest BCUT2D eigenvalue weighted by atomic mass is 35.5. The van der Waals surface area contributed by atoms with Gasteiger partial charge in [-0.2, -0.15) is 0 Å². The second-order valence-corrected chi connectivity index (χ2v) is 12.0. The Bertz CT molecular complexity index is 1580. The van der Waals surface area contributed by atoms with Gasteiger partial charge in [-0.05, 0) is 55.2 Å². The number of thioether (sulfide) groups is 1. The Morgan fingerprint density at radius 1 is 0.795 bits per heavy atom. The van der Waals surface area contributed by atoms with E-state index in [1.54, 1.807) is 19.1 Å². The number of benzene rings is 4. The van der Waals surface area contributed by atoms with Crippen molar-refractivity contribution in [2.45, 2.75) is 30.3 Å². The van der Waals surface area contributed by atoms with Crippen molar-refractivity contribution in [3.63, 3.8) is 0 Å². The minimum absolute atomic E-state index is 0.0860. The highest BCUT2D eigenvalue weighted by Gasteiger charge is 2.45. The summed E-state index contributed by atoms with van der Waals surface area (Å²) in [6.07, 6.45) is 0. The molecule has 0 amide bonds. The molecule has 4 aromatic carbocycles. The summed E-state index contributed by atoms with van der Waals surface area (Å²) in [5.41, 5.74) is 3.53. The molecule has 196 valence electrons. The number of halogens is 1. The number of ether oxygens (including phenoxy) is 1. The van der Waals surface area contributed by atoms with E-state index in [0.717, 1.165) is 22.3 Å². The number of hydrogen-bond acceptors (Lipinski definition) is 5. The fraction of sp³-hybridized carbons (Fsp3) is 0.152. The smallest absolute Gasteiger partial charge is 0.336 e. The fourth-order valence-electron chi connectivity index (χ4n) is 4.75. The van der Waals surface area contributed by atoms with E-state index in [0.29, 0.717) is 5.39 Å². The van der Waals surface area contributed by atoms with Crippen LogP contribution in [0.25, 0.3) is 11.0 Å². The molecule has 0 unspecified atom stereocenters. The van der Waals surface area contributed by atoms with Gasteiger partial charge in [0.1, 0.15) is 9.77 Å². The molecule has 0 N–H and O–H groups in total. The zero-order valence-corrected chi connectivity index (χ0v) is 23.4. The Hall–Kier alpha value is -3.80. The first-order valence-corrected chi connectivity index (χ1v) is 13.7. The third kappa shape index (κ3) is 5.12. The van der Waals surface area contributed by atoms with Gasteiger partial charge in [0.2, 0.25) is 0 Å². The summed E-state index contributed by atoms with van der Waals surface area (Å²) in [6, 6.07) is 35.3. The predicted molar refractivity (Wildman–Crippen MR) is 159 cm³/mol. The van der Waals surface area contributed by atoms with Crippen LogP contribution in [0, 0.1) is 6.92 Å². The van der Waals surface area contributed by atoms with Crippen LogP contribution in [-0.4, -0.2) is 10.7 Å². The summed E-state index contributed by atoms with van der Waals surface area (Å²) in [7, 11) is 0. The van der Waals surface area contributed by atoms with Gasteiger partial charge in [0.15, 0.2) is 11.3 Å². The van der Waals surface area contributed by atoms with Gasteiger partial charge in [0.25, 0.3) is 0 Å². The highest BCUT2D eigenvalue weighted by molar-refractivity contribution is 8.02. The Labute approximate surface area is 236 Å². The standard InChI is InChI=1S/C33H27ClO4S/c1-22-21-28(35)38-30-26(22)19-20-27(29(30)34)37-31(36)32(2,3)39-33(23-13-7-4-8-14-23,24-15-9-5-10-16-24)25-17-11-6-12-18-25/h4-21H,1-3H3. The SMILES string of the molecule is Cc1cc(=O)oc2c(Cl)c(OC(=O)C(C)(C)SC(c3ccccc3)(c3ccccc3)c3ccccc3)ccc12. The van der Waals surface area contributed by atoms with Gasteiger partial charge in [0.05, 0.1) is 4.75 Å². The maximum absolute atomic E-state index is 13.8. The van der Waals surface area contributed by atoms with Crippen LogP contribution in [0.1, 0.15) is 36.1 Å². The molecule has 5 rings (SSSR count). The third-order valence-corrected chi connectivity index (χ3v) is 8.72. The molecule has 0 aliphatic carbocycles. The number of aryl methyl sites for hydroxylation is 1. The van der Waals surface area contributed by atoms with Crippen LogP contribution in [0.3, 0.4) is 0 Å². The Kier molecular flexibility index (Phi) is 7.39. The summed E-state index contributed by atoms with van der Waals surface area (Å²) in [6.45, 7) is 5.50. The molecular formula is C33H27ClO4S. The predicted octanol–water partition coefficient (Wildman–Crippen LogP) is 8.16.